The molecule has 5 nitrogen and oxygen atoms in total. The highest BCUT2D eigenvalue weighted by Crippen LogP contribution is 2.11. The van der Waals surface area contributed by atoms with Gasteiger partial charge < -0.3 is 14.8 Å². The molecule has 1 aromatic carbocycles. The van der Waals surface area contributed by atoms with E-state index >= 15 is 0 Å². The zero-order valence-corrected chi connectivity index (χ0v) is 14.1. The van der Waals surface area contributed by atoms with Gasteiger partial charge in [0.05, 0.1) is 20.1 Å². The highest BCUT2D eigenvalue weighted by Gasteiger charge is 2.20. The fraction of sp³-hybridized carbons (Fsp3) is 0.500. The summed E-state index contributed by atoms with van der Waals surface area (Å²) in [6.45, 7) is 2.27. The average molecular weight is 325 g/mol. The number of amides is 1. The Morgan fingerprint density at radius 3 is 2.55 bits per heavy atom. The highest BCUT2D eigenvalue weighted by atomic mass is 32.2. The van der Waals surface area contributed by atoms with Crippen LogP contribution < -0.4 is 10.1 Å². The van der Waals surface area contributed by atoms with Gasteiger partial charge in [0.25, 0.3) is 0 Å². The number of thioether (sulfide) groups is 1. The zero-order valence-electron chi connectivity index (χ0n) is 13.3. The largest absolute Gasteiger partial charge is 0.493 e. The summed E-state index contributed by atoms with van der Waals surface area (Å²) in [6, 6.07) is 7.03. The second-order valence-corrected chi connectivity index (χ2v) is 5.82. The van der Waals surface area contributed by atoms with Gasteiger partial charge in [-0.25, -0.2) is 4.79 Å². The normalized spacial score (nSPS) is 11.6. The lowest BCUT2D eigenvalue weighted by molar-refractivity contribution is -0.145. The average Bonchev–Trinajstić information content (AvgIpc) is 2.52. The van der Waals surface area contributed by atoms with Gasteiger partial charge in [0, 0.05) is 0 Å². The molecular weight excluding hydrogens is 302 g/mol. The summed E-state index contributed by atoms with van der Waals surface area (Å²) in [7, 11) is 1.32. The van der Waals surface area contributed by atoms with Crippen LogP contribution in [0, 0.1) is 6.92 Å². The van der Waals surface area contributed by atoms with Crippen molar-refractivity contribution in [2.45, 2.75) is 25.8 Å². The molecule has 0 aliphatic carbocycles. The maximum absolute atomic E-state index is 11.9. The van der Waals surface area contributed by atoms with E-state index in [-0.39, 0.29) is 18.9 Å². The molecule has 0 aromatic heterocycles. The zero-order chi connectivity index (χ0) is 16.4. The third-order valence-corrected chi connectivity index (χ3v) is 3.69. The monoisotopic (exact) mass is 325 g/mol. The van der Waals surface area contributed by atoms with E-state index in [1.54, 1.807) is 11.8 Å². The first kappa shape index (κ1) is 18.4. The SMILES string of the molecule is COC(=O)[C@@H](CCSC)NC(=O)CCOc1ccc(C)cc1. The number of methoxy groups -OCH3 is 1. The molecule has 1 amide bonds. The molecule has 22 heavy (non-hydrogen) atoms. The van der Waals surface area contributed by atoms with Gasteiger partial charge in [-0.1, -0.05) is 17.7 Å². The van der Waals surface area contributed by atoms with Crippen LogP contribution in [0.5, 0.6) is 5.75 Å². The summed E-state index contributed by atoms with van der Waals surface area (Å²) in [6.07, 6.45) is 2.70. The number of aryl methyl sites for hydroxylation is 1. The molecule has 1 atom stereocenters. The van der Waals surface area contributed by atoms with Crippen molar-refractivity contribution in [2.75, 3.05) is 25.7 Å². The van der Waals surface area contributed by atoms with Crippen LogP contribution in [0.2, 0.25) is 0 Å². The predicted octanol–water partition coefficient (Wildman–Crippen LogP) is 2.17. The number of hydrogen-bond acceptors (Lipinski definition) is 5. The van der Waals surface area contributed by atoms with Crippen LogP contribution in [-0.4, -0.2) is 43.6 Å². The number of ether oxygens (including phenoxy) is 2. The van der Waals surface area contributed by atoms with E-state index < -0.39 is 12.0 Å². The van der Waals surface area contributed by atoms with Crippen LogP contribution in [0.1, 0.15) is 18.4 Å². The van der Waals surface area contributed by atoms with E-state index in [4.69, 9.17) is 9.47 Å². The number of nitrogens with one attached hydrogen (secondary N) is 1. The Hall–Kier alpha value is -1.69. The summed E-state index contributed by atoms with van der Waals surface area (Å²) < 4.78 is 10.2. The van der Waals surface area contributed by atoms with Crippen molar-refractivity contribution in [1.29, 1.82) is 0 Å². The quantitative estimate of drug-likeness (QED) is 0.705. The minimum absolute atomic E-state index is 0.195. The van der Waals surface area contributed by atoms with Crippen LogP contribution in [0.25, 0.3) is 0 Å². The molecule has 1 aromatic rings. The first-order chi connectivity index (χ1) is 10.6. The van der Waals surface area contributed by atoms with E-state index in [0.717, 1.165) is 17.1 Å². The second kappa shape index (κ2) is 10.1. The minimum Gasteiger partial charge on any atom is -0.493 e. The summed E-state index contributed by atoms with van der Waals surface area (Å²) in [5.41, 5.74) is 1.15. The lowest BCUT2D eigenvalue weighted by Gasteiger charge is -2.16. The van der Waals surface area contributed by atoms with Crippen molar-refractivity contribution < 1.29 is 19.1 Å². The minimum atomic E-state index is -0.593. The maximum Gasteiger partial charge on any atom is 0.328 e. The highest BCUT2D eigenvalue weighted by molar-refractivity contribution is 7.98. The van der Waals surface area contributed by atoms with Crippen molar-refractivity contribution in [3.05, 3.63) is 29.8 Å². The fourth-order valence-corrected chi connectivity index (χ4v) is 2.26. The Morgan fingerprint density at radius 1 is 1.27 bits per heavy atom. The first-order valence-electron chi connectivity index (χ1n) is 7.12. The van der Waals surface area contributed by atoms with Crippen LogP contribution in [-0.2, 0) is 14.3 Å². The van der Waals surface area contributed by atoms with Crippen molar-refractivity contribution in [3.63, 3.8) is 0 Å². The summed E-state index contributed by atoms with van der Waals surface area (Å²) in [5, 5.41) is 2.69. The van der Waals surface area contributed by atoms with Gasteiger partial charge in [-0.3, -0.25) is 4.79 Å². The van der Waals surface area contributed by atoms with Gasteiger partial charge in [0.15, 0.2) is 0 Å². The van der Waals surface area contributed by atoms with Gasteiger partial charge in [0.1, 0.15) is 11.8 Å². The Kier molecular flexibility index (Phi) is 8.43. The fourth-order valence-electron chi connectivity index (χ4n) is 1.79. The summed E-state index contributed by atoms with van der Waals surface area (Å²) in [5.74, 6) is 0.871. The molecule has 0 radical (unpaired) electrons. The van der Waals surface area contributed by atoms with Crippen molar-refractivity contribution >= 4 is 23.6 Å². The molecule has 0 unspecified atom stereocenters. The Morgan fingerprint density at radius 2 is 1.95 bits per heavy atom. The smallest absolute Gasteiger partial charge is 0.328 e. The molecule has 0 saturated carbocycles. The van der Waals surface area contributed by atoms with Crippen molar-refractivity contribution in [1.82, 2.24) is 5.32 Å². The van der Waals surface area contributed by atoms with Crippen LogP contribution in [0.3, 0.4) is 0 Å². The van der Waals surface area contributed by atoms with Gasteiger partial charge >= 0.3 is 5.97 Å². The number of carbonyl (C=O) groups is 2. The molecule has 0 heterocycles. The summed E-state index contributed by atoms with van der Waals surface area (Å²) in [4.78, 5) is 23.5. The van der Waals surface area contributed by atoms with Crippen LogP contribution in [0.4, 0.5) is 0 Å². The molecule has 0 bridgehead atoms. The van der Waals surface area contributed by atoms with E-state index in [0.29, 0.717) is 6.42 Å². The molecule has 1 N–H and O–H groups in total. The molecule has 6 heteroatoms. The first-order valence-corrected chi connectivity index (χ1v) is 8.51. The van der Waals surface area contributed by atoms with Crippen LogP contribution in [0.15, 0.2) is 24.3 Å². The molecule has 0 fully saturated rings. The maximum atomic E-state index is 11.9. The third kappa shape index (κ3) is 6.85. The van der Waals surface area contributed by atoms with Gasteiger partial charge in [-0.05, 0) is 37.5 Å². The molecule has 0 spiro atoms. The second-order valence-electron chi connectivity index (χ2n) is 4.84. The van der Waals surface area contributed by atoms with Crippen molar-refractivity contribution in [3.8, 4) is 5.75 Å². The van der Waals surface area contributed by atoms with Gasteiger partial charge in [-0.15, -0.1) is 0 Å². The van der Waals surface area contributed by atoms with E-state index in [1.807, 2.05) is 37.4 Å². The topological polar surface area (TPSA) is 64.6 Å². The molecule has 1 rings (SSSR count). The van der Waals surface area contributed by atoms with Gasteiger partial charge in [-0.2, -0.15) is 11.8 Å². The van der Waals surface area contributed by atoms with E-state index in [2.05, 4.69) is 5.32 Å². The van der Waals surface area contributed by atoms with Crippen molar-refractivity contribution in [2.24, 2.45) is 0 Å². The lowest BCUT2D eigenvalue weighted by Crippen LogP contribution is -2.42. The number of carbonyl (C=O) groups excluding carboxylic acids is 2. The predicted molar refractivity (Wildman–Crippen MR) is 88.2 cm³/mol. The molecule has 0 aliphatic rings. The number of hydrogen-bond donors (Lipinski definition) is 1. The molecule has 122 valence electrons. The number of benzene rings is 1. The van der Waals surface area contributed by atoms with Crippen LogP contribution >= 0.6 is 11.8 Å². The van der Waals surface area contributed by atoms with E-state index in [1.165, 1.54) is 7.11 Å². The van der Waals surface area contributed by atoms with E-state index in [9.17, 15) is 9.59 Å². The molecule has 0 aliphatic heterocycles. The molecule has 0 saturated heterocycles. The number of esters is 1. The standard InChI is InChI=1S/C16H23NO4S/c1-12-4-6-13(7-5-12)21-10-8-15(18)17-14(9-11-22-3)16(19)20-2/h4-7,14H,8-11H2,1-3H3,(H,17,18)/t14-/m1/s1. The summed E-state index contributed by atoms with van der Waals surface area (Å²) >= 11 is 1.62. The lowest BCUT2D eigenvalue weighted by atomic mass is 10.2. The third-order valence-electron chi connectivity index (χ3n) is 3.05. The Balaban J connectivity index is 2.36. The van der Waals surface area contributed by atoms with Gasteiger partial charge in [0.2, 0.25) is 5.91 Å². The number of rotatable bonds is 9. The Labute approximate surface area is 135 Å². The molecular formula is C16H23NO4S. The Bertz CT molecular complexity index is 476.